The molecule has 0 spiro atoms. The number of nitriles is 1. The molecule has 2 rings (SSSR count). The maximum absolute atomic E-state index is 8.58. The van der Waals surface area contributed by atoms with Crippen molar-refractivity contribution in [1.29, 1.82) is 5.26 Å². The lowest BCUT2D eigenvalue weighted by Gasteiger charge is -2.00. The van der Waals surface area contributed by atoms with E-state index < -0.39 is 0 Å². The van der Waals surface area contributed by atoms with E-state index in [-0.39, 0.29) is 0 Å². The van der Waals surface area contributed by atoms with Crippen molar-refractivity contribution in [3.63, 3.8) is 0 Å². The minimum Gasteiger partial charge on any atom is -0.454 e. The van der Waals surface area contributed by atoms with Gasteiger partial charge < -0.3 is 4.74 Å². The van der Waals surface area contributed by atoms with E-state index in [1.165, 1.54) is 0 Å². The van der Waals surface area contributed by atoms with Crippen LogP contribution in [-0.2, 0) is 0 Å². The van der Waals surface area contributed by atoms with E-state index in [0.717, 1.165) is 0 Å². The second-order valence-corrected chi connectivity index (χ2v) is 2.67. The third-order valence-corrected chi connectivity index (χ3v) is 1.69. The van der Waals surface area contributed by atoms with Crippen LogP contribution in [0.25, 0.3) is 0 Å². The molecule has 0 aliphatic rings. The van der Waals surface area contributed by atoms with Gasteiger partial charge in [-0.1, -0.05) is 0 Å². The quantitative estimate of drug-likeness (QED) is 0.779. The predicted molar refractivity (Wildman–Crippen MR) is 49.8 cm³/mol. The van der Waals surface area contributed by atoms with Gasteiger partial charge in [-0.3, -0.25) is 5.10 Å². The highest BCUT2D eigenvalue weighted by molar-refractivity contribution is 5.36. The molecule has 1 heterocycles. The molecule has 0 saturated heterocycles. The Morgan fingerprint density at radius 2 is 2.00 bits per heavy atom. The Hall–Kier alpha value is -2.28. The highest BCUT2D eigenvalue weighted by Crippen LogP contribution is 2.19. The summed E-state index contributed by atoms with van der Waals surface area (Å²) in [4.78, 5) is 0. The monoisotopic (exact) mass is 185 g/mol. The fourth-order valence-electron chi connectivity index (χ4n) is 1.03. The first-order valence-corrected chi connectivity index (χ1v) is 4.05. The van der Waals surface area contributed by atoms with Gasteiger partial charge in [-0.05, 0) is 24.3 Å². The minimum absolute atomic E-state index is 0.615. The Morgan fingerprint density at radius 1 is 1.21 bits per heavy atom. The summed E-state index contributed by atoms with van der Waals surface area (Å²) < 4.78 is 5.41. The number of aromatic nitrogens is 2. The van der Waals surface area contributed by atoms with E-state index in [0.29, 0.717) is 17.1 Å². The molecular formula is C10H7N3O. The molecule has 0 radical (unpaired) electrons. The van der Waals surface area contributed by atoms with Gasteiger partial charge >= 0.3 is 0 Å². The summed E-state index contributed by atoms with van der Waals surface area (Å²) in [6.07, 6.45) is 3.23. The van der Waals surface area contributed by atoms with Crippen LogP contribution in [0.15, 0.2) is 36.7 Å². The van der Waals surface area contributed by atoms with E-state index in [9.17, 15) is 0 Å². The number of nitrogens with zero attached hydrogens (tertiary/aromatic N) is 2. The first-order valence-electron chi connectivity index (χ1n) is 4.05. The zero-order valence-electron chi connectivity index (χ0n) is 7.27. The third-order valence-electron chi connectivity index (χ3n) is 1.69. The molecule has 0 aliphatic carbocycles. The number of benzene rings is 1. The van der Waals surface area contributed by atoms with Gasteiger partial charge in [0, 0.05) is 0 Å². The topological polar surface area (TPSA) is 61.7 Å². The Balaban J connectivity index is 2.15. The van der Waals surface area contributed by atoms with Crippen molar-refractivity contribution in [3.05, 3.63) is 42.2 Å². The van der Waals surface area contributed by atoms with Crippen molar-refractivity contribution in [1.82, 2.24) is 10.2 Å². The molecule has 14 heavy (non-hydrogen) atoms. The van der Waals surface area contributed by atoms with Crippen LogP contribution in [0.2, 0.25) is 0 Å². The molecule has 1 aromatic heterocycles. The van der Waals surface area contributed by atoms with Crippen LogP contribution in [0.3, 0.4) is 0 Å². The molecule has 4 heteroatoms. The highest BCUT2D eigenvalue weighted by Gasteiger charge is 1.97. The van der Waals surface area contributed by atoms with Crippen LogP contribution < -0.4 is 4.74 Å². The first-order chi connectivity index (χ1) is 6.88. The van der Waals surface area contributed by atoms with E-state index in [4.69, 9.17) is 10.00 Å². The number of H-pyrrole nitrogens is 1. The second-order valence-electron chi connectivity index (χ2n) is 2.67. The SMILES string of the molecule is N#Cc1ccc(Oc2cn[nH]c2)cc1. The van der Waals surface area contributed by atoms with E-state index in [1.807, 2.05) is 6.07 Å². The van der Waals surface area contributed by atoms with Crippen LogP contribution in [0.1, 0.15) is 5.56 Å². The lowest BCUT2D eigenvalue weighted by Crippen LogP contribution is -1.81. The molecule has 4 nitrogen and oxygen atoms in total. The highest BCUT2D eigenvalue weighted by atomic mass is 16.5. The number of nitrogens with one attached hydrogen (secondary N) is 1. The van der Waals surface area contributed by atoms with Gasteiger partial charge in [-0.25, -0.2) is 0 Å². The van der Waals surface area contributed by atoms with Gasteiger partial charge in [-0.2, -0.15) is 10.4 Å². The summed E-state index contributed by atoms with van der Waals surface area (Å²) in [7, 11) is 0. The van der Waals surface area contributed by atoms with Crippen molar-refractivity contribution in [2.45, 2.75) is 0 Å². The number of hydrogen-bond acceptors (Lipinski definition) is 3. The summed E-state index contributed by atoms with van der Waals surface area (Å²) in [5.74, 6) is 1.33. The molecular weight excluding hydrogens is 178 g/mol. The lowest BCUT2D eigenvalue weighted by atomic mass is 10.2. The smallest absolute Gasteiger partial charge is 0.165 e. The summed E-state index contributed by atoms with van der Waals surface area (Å²) in [5.41, 5.74) is 0.615. The van der Waals surface area contributed by atoms with Gasteiger partial charge in [0.25, 0.3) is 0 Å². The van der Waals surface area contributed by atoms with Gasteiger partial charge in [-0.15, -0.1) is 0 Å². The largest absolute Gasteiger partial charge is 0.454 e. The normalized spacial score (nSPS) is 9.36. The fourth-order valence-corrected chi connectivity index (χ4v) is 1.03. The van der Waals surface area contributed by atoms with Crippen LogP contribution >= 0.6 is 0 Å². The number of ether oxygens (including phenoxy) is 1. The summed E-state index contributed by atoms with van der Waals surface area (Å²) in [6.45, 7) is 0. The van der Waals surface area contributed by atoms with Crippen LogP contribution in [-0.4, -0.2) is 10.2 Å². The lowest BCUT2D eigenvalue weighted by molar-refractivity contribution is 0.483. The molecule has 0 atom stereocenters. The molecule has 0 aliphatic heterocycles. The van der Waals surface area contributed by atoms with Crippen molar-refractivity contribution >= 4 is 0 Å². The number of rotatable bonds is 2. The standard InChI is InChI=1S/C10H7N3O/c11-5-8-1-3-9(4-2-8)14-10-6-12-13-7-10/h1-4,6-7H,(H,12,13). The fraction of sp³-hybridized carbons (Fsp3) is 0. The van der Waals surface area contributed by atoms with Crippen LogP contribution in [0, 0.1) is 11.3 Å². The van der Waals surface area contributed by atoms with Crippen LogP contribution in [0.5, 0.6) is 11.5 Å². The molecule has 1 N–H and O–H groups in total. The maximum Gasteiger partial charge on any atom is 0.165 e. The van der Waals surface area contributed by atoms with Crippen molar-refractivity contribution in [3.8, 4) is 17.6 Å². The molecule has 1 aromatic carbocycles. The summed E-state index contributed by atoms with van der Waals surface area (Å²) in [5, 5.41) is 15.0. The Morgan fingerprint density at radius 3 is 2.57 bits per heavy atom. The molecule has 0 unspecified atom stereocenters. The first kappa shape index (κ1) is 8.32. The number of aromatic amines is 1. The van der Waals surface area contributed by atoms with E-state index >= 15 is 0 Å². The van der Waals surface area contributed by atoms with Gasteiger partial charge in [0.15, 0.2) is 5.75 Å². The average molecular weight is 185 g/mol. The second kappa shape index (κ2) is 3.62. The van der Waals surface area contributed by atoms with Gasteiger partial charge in [0.2, 0.25) is 0 Å². The maximum atomic E-state index is 8.58. The van der Waals surface area contributed by atoms with Crippen LogP contribution in [0.4, 0.5) is 0 Å². The molecule has 0 saturated carbocycles. The zero-order valence-corrected chi connectivity index (χ0v) is 7.27. The zero-order chi connectivity index (χ0) is 9.80. The molecule has 68 valence electrons. The summed E-state index contributed by atoms with van der Waals surface area (Å²) in [6, 6.07) is 8.93. The van der Waals surface area contributed by atoms with Gasteiger partial charge in [0.1, 0.15) is 5.75 Å². The van der Waals surface area contributed by atoms with E-state index in [1.54, 1.807) is 36.7 Å². The van der Waals surface area contributed by atoms with E-state index in [2.05, 4.69) is 10.2 Å². The summed E-state index contributed by atoms with van der Waals surface area (Å²) >= 11 is 0. The van der Waals surface area contributed by atoms with Crippen molar-refractivity contribution in [2.75, 3.05) is 0 Å². The van der Waals surface area contributed by atoms with Gasteiger partial charge in [0.05, 0.1) is 24.0 Å². The average Bonchev–Trinajstić information content (AvgIpc) is 2.72. The molecule has 0 amide bonds. The Labute approximate surface area is 80.8 Å². The van der Waals surface area contributed by atoms with Crippen molar-refractivity contribution < 1.29 is 4.74 Å². The minimum atomic E-state index is 0.615. The Kier molecular flexibility index (Phi) is 2.15. The Bertz CT molecular complexity index is 439. The number of hydrogen-bond donors (Lipinski definition) is 1. The molecule has 2 aromatic rings. The third kappa shape index (κ3) is 1.72. The predicted octanol–water partition coefficient (Wildman–Crippen LogP) is 2.07. The molecule has 0 bridgehead atoms. The van der Waals surface area contributed by atoms with Crippen molar-refractivity contribution in [2.24, 2.45) is 0 Å². The molecule has 0 fully saturated rings.